The van der Waals surface area contributed by atoms with E-state index in [1.165, 1.54) is 11.3 Å². The number of carbonyl (C=O) groups is 1. The van der Waals surface area contributed by atoms with Crippen LogP contribution in [-0.4, -0.2) is 47.6 Å². The molecule has 0 atom stereocenters. The Labute approximate surface area is 129 Å². The Morgan fingerprint density at radius 3 is 2.90 bits per heavy atom. The fraction of sp³-hybridized carbons (Fsp3) is 0.714. The molecule has 3 N–H and O–H groups in total. The molecule has 0 unspecified atom stereocenters. The average Bonchev–Trinajstić information content (AvgIpc) is 2.75. The van der Waals surface area contributed by atoms with Gasteiger partial charge < -0.3 is 20.7 Å². The number of thiazole rings is 1. The lowest BCUT2D eigenvalue weighted by Gasteiger charge is -2.37. The molecule has 0 bridgehead atoms. The molecule has 6 nitrogen and oxygen atoms in total. The number of nitrogens with zero attached hydrogens (tertiary/aromatic N) is 2. The van der Waals surface area contributed by atoms with Crippen LogP contribution in [0.4, 0.5) is 10.9 Å². The molecule has 118 valence electrons. The van der Waals surface area contributed by atoms with Crippen LogP contribution in [0.1, 0.15) is 37.4 Å². The van der Waals surface area contributed by atoms with Gasteiger partial charge in [0, 0.05) is 19.6 Å². The molecule has 1 aliphatic rings. The number of aromatic nitrogens is 1. The molecule has 21 heavy (non-hydrogen) atoms. The molecule has 1 aromatic heterocycles. The molecule has 2 heterocycles. The van der Waals surface area contributed by atoms with E-state index in [2.05, 4.69) is 24.1 Å². The van der Waals surface area contributed by atoms with E-state index in [9.17, 15) is 4.79 Å². The highest BCUT2D eigenvalue weighted by Crippen LogP contribution is 2.28. The second-order valence-electron chi connectivity index (χ2n) is 6.34. The summed E-state index contributed by atoms with van der Waals surface area (Å²) in [6.45, 7) is 10.7. The van der Waals surface area contributed by atoms with Crippen LogP contribution >= 0.6 is 11.3 Å². The number of ether oxygens (including phenoxy) is 1. The van der Waals surface area contributed by atoms with Crippen molar-refractivity contribution < 1.29 is 9.53 Å². The van der Waals surface area contributed by atoms with Crippen molar-refractivity contribution in [1.82, 2.24) is 9.88 Å². The summed E-state index contributed by atoms with van der Waals surface area (Å²) in [5, 5.41) is 3.92. The zero-order valence-electron chi connectivity index (χ0n) is 13.1. The van der Waals surface area contributed by atoms with E-state index in [1.54, 1.807) is 4.90 Å². The molecule has 2 rings (SSSR count). The standard InChI is InChI=1S/C14H24N4O2S/c1-9(2)7-16-13-17-11(15)10(21-13)12(19)18-5-6-20-14(3,4)8-18/h9H,5-8,15H2,1-4H3,(H,16,17). The average molecular weight is 312 g/mol. The summed E-state index contributed by atoms with van der Waals surface area (Å²) in [6, 6.07) is 0. The van der Waals surface area contributed by atoms with E-state index >= 15 is 0 Å². The van der Waals surface area contributed by atoms with Gasteiger partial charge in [-0.3, -0.25) is 4.79 Å². The van der Waals surface area contributed by atoms with E-state index in [0.717, 1.165) is 6.54 Å². The van der Waals surface area contributed by atoms with Gasteiger partial charge in [0.25, 0.3) is 5.91 Å². The lowest BCUT2D eigenvalue weighted by Crippen LogP contribution is -2.50. The van der Waals surface area contributed by atoms with Gasteiger partial charge in [0.05, 0.1) is 12.2 Å². The topological polar surface area (TPSA) is 80.5 Å². The summed E-state index contributed by atoms with van der Waals surface area (Å²) in [7, 11) is 0. The number of hydrogen-bond donors (Lipinski definition) is 2. The fourth-order valence-corrected chi connectivity index (χ4v) is 3.05. The largest absolute Gasteiger partial charge is 0.382 e. The Balaban J connectivity index is 2.08. The first-order valence-corrected chi connectivity index (χ1v) is 8.03. The second-order valence-corrected chi connectivity index (χ2v) is 7.34. The molecule has 0 radical (unpaired) electrons. The smallest absolute Gasteiger partial charge is 0.268 e. The zero-order valence-corrected chi connectivity index (χ0v) is 13.9. The summed E-state index contributed by atoms with van der Waals surface area (Å²) >= 11 is 1.32. The van der Waals surface area contributed by atoms with E-state index in [0.29, 0.717) is 41.4 Å². The Bertz CT molecular complexity index is 513. The van der Waals surface area contributed by atoms with Crippen molar-refractivity contribution in [3.8, 4) is 0 Å². The van der Waals surface area contributed by atoms with E-state index in [-0.39, 0.29) is 11.5 Å². The molecule has 1 fully saturated rings. The third kappa shape index (κ3) is 4.07. The quantitative estimate of drug-likeness (QED) is 0.889. The predicted octanol–water partition coefficient (Wildman–Crippen LogP) is 2.04. The van der Waals surface area contributed by atoms with Crippen molar-refractivity contribution >= 4 is 28.2 Å². The predicted molar refractivity (Wildman–Crippen MR) is 85.8 cm³/mol. The molecule has 7 heteroatoms. The number of nitrogens with two attached hydrogens (primary N) is 1. The Hall–Kier alpha value is -1.34. The van der Waals surface area contributed by atoms with E-state index in [4.69, 9.17) is 10.5 Å². The fourth-order valence-electron chi connectivity index (χ4n) is 2.19. The molecular formula is C14H24N4O2S. The molecule has 1 aromatic rings. The van der Waals surface area contributed by atoms with Crippen LogP contribution in [0, 0.1) is 5.92 Å². The van der Waals surface area contributed by atoms with E-state index < -0.39 is 0 Å². The van der Waals surface area contributed by atoms with Crippen LogP contribution in [0.25, 0.3) is 0 Å². The maximum atomic E-state index is 12.6. The zero-order chi connectivity index (χ0) is 15.6. The highest BCUT2D eigenvalue weighted by atomic mass is 32.1. The molecule has 0 aromatic carbocycles. The lowest BCUT2D eigenvalue weighted by molar-refractivity contribution is -0.0762. The number of anilines is 2. The maximum absolute atomic E-state index is 12.6. The minimum Gasteiger partial charge on any atom is -0.382 e. The van der Waals surface area contributed by atoms with Crippen molar-refractivity contribution in [2.75, 3.05) is 37.3 Å². The third-order valence-electron chi connectivity index (χ3n) is 3.22. The molecular weight excluding hydrogens is 288 g/mol. The van der Waals surface area contributed by atoms with Crippen LogP contribution in [0.15, 0.2) is 0 Å². The molecule has 0 spiro atoms. The van der Waals surface area contributed by atoms with Crippen molar-refractivity contribution in [2.45, 2.75) is 33.3 Å². The summed E-state index contributed by atoms with van der Waals surface area (Å²) in [6.07, 6.45) is 0. The van der Waals surface area contributed by atoms with Gasteiger partial charge in [0.2, 0.25) is 0 Å². The van der Waals surface area contributed by atoms with Crippen LogP contribution in [0.5, 0.6) is 0 Å². The van der Waals surface area contributed by atoms with Gasteiger partial charge in [-0.05, 0) is 19.8 Å². The van der Waals surface area contributed by atoms with Gasteiger partial charge in [-0.25, -0.2) is 4.98 Å². The van der Waals surface area contributed by atoms with Gasteiger partial charge in [0.15, 0.2) is 5.13 Å². The first-order chi connectivity index (χ1) is 9.78. The Morgan fingerprint density at radius 2 is 2.29 bits per heavy atom. The van der Waals surface area contributed by atoms with Gasteiger partial charge in [-0.1, -0.05) is 25.2 Å². The van der Waals surface area contributed by atoms with Gasteiger partial charge in [-0.15, -0.1) is 0 Å². The summed E-state index contributed by atoms with van der Waals surface area (Å²) < 4.78 is 5.63. The first-order valence-electron chi connectivity index (χ1n) is 7.22. The maximum Gasteiger partial charge on any atom is 0.268 e. The van der Waals surface area contributed by atoms with Crippen LogP contribution in [0.2, 0.25) is 0 Å². The van der Waals surface area contributed by atoms with E-state index in [1.807, 2.05) is 13.8 Å². The lowest BCUT2D eigenvalue weighted by atomic mass is 10.1. The van der Waals surface area contributed by atoms with Crippen molar-refractivity contribution in [2.24, 2.45) is 5.92 Å². The number of rotatable bonds is 4. The van der Waals surface area contributed by atoms with Crippen LogP contribution < -0.4 is 11.1 Å². The SMILES string of the molecule is CC(C)CNc1nc(N)c(C(=O)N2CCOC(C)(C)C2)s1. The van der Waals surface area contributed by atoms with Gasteiger partial charge in [0.1, 0.15) is 10.7 Å². The number of nitrogen functional groups attached to an aromatic ring is 1. The summed E-state index contributed by atoms with van der Waals surface area (Å²) in [5.74, 6) is 0.758. The van der Waals surface area contributed by atoms with Gasteiger partial charge in [-0.2, -0.15) is 0 Å². The third-order valence-corrected chi connectivity index (χ3v) is 4.24. The minimum absolute atomic E-state index is 0.0565. The number of amides is 1. The minimum atomic E-state index is -0.313. The molecule has 0 aliphatic carbocycles. The number of morpholine rings is 1. The number of nitrogens with one attached hydrogen (secondary N) is 1. The first kappa shape index (κ1) is 16.0. The second kappa shape index (κ2) is 6.19. The Morgan fingerprint density at radius 1 is 1.57 bits per heavy atom. The molecule has 1 saturated heterocycles. The summed E-state index contributed by atoms with van der Waals surface area (Å²) in [4.78, 5) is 19.1. The van der Waals surface area contributed by atoms with Crippen LogP contribution in [-0.2, 0) is 4.74 Å². The molecule has 1 aliphatic heterocycles. The normalized spacial score (nSPS) is 18.0. The van der Waals surface area contributed by atoms with Crippen molar-refractivity contribution in [1.29, 1.82) is 0 Å². The monoisotopic (exact) mass is 312 g/mol. The highest BCUT2D eigenvalue weighted by Gasteiger charge is 2.32. The molecule has 1 amide bonds. The van der Waals surface area contributed by atoms with Crippen molar-refractivity contribution in [3.05, 3.63) is 4.88 Å². The molecule has 0 saturated carbocycles. The van der Waals surface area contributed by atoms with Crippen LogP contribution in [0.3, 0.4) is 0 Å². The van der Waals surface area contributed by atoms with Crippen molar-refractivity contribution in [3.63, 3.8) is 0 Å². The summed E-state index contributed by atoms with van der Waals surface area (Å²) in [5.41, 5.74) is 5.59. The van der Waals surface area contributed by atoms with Gasteiger partial charge >= 0.3 is 0 Å². The Kier molecular flexibility index (Phi) is 4.73. The highest BCUT2D eigenvalue weighted by molar-refractivity contribution is 7.18. The number of carbonyl (C=O) groups excluding carboxylic acids is 1. The number of hydrogen-bond acceptors (Lipinski definition) is 6.